The largest absolute Gasteiger partial charge is 0.504 e. The number of benzene rings is 1. The molecular formula is C21H37NO4. The molecule has 1 aromatic carbocycles. The van der Waals surface area contributed by atoms with Crippen molar-refractivity contribution < 1.29 is 19.4 Å². The van der Waals surface area contributed by atoms with Crippen LogP contribution in [-0.2, 0) is 9.53 Å². The van der Waals surface area contributed by atoms with Gasteiger partial charge in [0.05, 0.1) is 20.6 Å². The Bertz CT molecular complexity index is 499. The van der Waals surface area contributed by atoms with E-state index >= 15 is 0 Å². The van der Waals surface area contributed by atoms with Crippen molar-refractivity contribution in [2.75, 3.05) is 27.3 Å². The van der Waals surface area contributed by atoms with Gasteiger partial charge in [-0.25, -0.2) is 0 Å². The van der Waals surface area contributed by atoms with Gasteiger partial charge in [0.25, 0.3) is 0 Å². The van der Waals surface area contributed by atoms with Crippen LogP contribution in [0.15, 0.2) is 18.2 Å². The minimum atomic E-state index is -0.203. The summed E-state index contributed by atoms with van der Waals surface area (Å²) in [7, 11) is 2.95. The maximum Gasteiger partial charge on any atom is 0.306 e. The van der Waals surface area contributed by atoms with Crippen LogP contribution >= 0.6 is 0 Å². The number of phenolic OH excluding ortho intramolecular Hbond substituents is 1. The smallest absolute Gasteiger partial charge is 0.306 e. The Balaban J connectivity index is 0.00000146. The number of carbonyl (C=O) groups excluding carboxylic acids is 1. The minimum absolute atomic E-state index is 0.0880. The highest BCUT2D eigenvalue weighted by molar-refractivity contribution is 5.70. The van der Waals surface area contributed by atoms with E-state index in [-0.39, 0.29) is 17.6 Å². The molecule has 1 unspecified atom stereocenters. The molecular weight excluding hydrogens is 330 g/mol. The number of carbonyl (C=O) groups is 1. The maximum absolute atomic E-state index is 11.7. The van der Waals surface area contributed by atoms with E-state index in [1.165, 1.54) is 14.2 Å². The molecule has 150 valence electrons. The first kappa shape index (κ1) is 24.2. The van der Waals surface area contributed by atoms with Gasteiger partial charge in [0.15, 0.2) is 11.5 Å². The summed E-state index contributed by atoms with van der Waals surface area (Å²) in [6.07, 6.45) is 3.57. The van der Waals surface area contributed by atoms with Crippen molar-refractivity contribution in [2.45, 2.75) is 59.3 Å². The van der Waals surface area contributed by atoms with E-state index in [9.17, 15) is 9.90 Å². The van der Waals surface area contributed by atoms with Gasteiger partial charge < -0.3 is 19.9 Å². The highest BCUT2D eigenvalue weighted by atomic mass is 16.5. The highest BCUT2D eigenvalue weighted by Crippen LogP contribution is 2.35. The number of piperidine rings is 1. The van der Waals surface area contributed by atoms with Gasteiger partial charge in [-0.2, -0.15) is 0 Å². The molecule has 0 spiro atoms. The van der Waals surface area contributed by atoms with Crippen LogP contribution in [0.25, 0.3) is 0 Å². The Morgan fingerprint density at radius 3 is 2.35 bits per heavy atom. The molecule has 1 saturated heterocycles. The second-order valence-corrected chi connectivity index (χ2v) is 5.84. The number of hydrogen-bond donors (Lipinski definition) is 2. The summed E-state index contributed by atoms with van der Waals surface area (Å²) in [6.45, 7) is 10.1. The number of hydrogen-bond acceptors (Lipinski definition) is 5. The lowest BCUT2D eigenvalue weighted by atomic mass is 9.82. The molecule has 0 aliphatic carbocycles. The van der Waals surface area contributed by atoms with E-state index in [0.717, 1.165) is 37.9 Å². The fraction of sp³-hybridized carbons (Fsp3) is 0.667. The normalized spacial score (nSPS) is 14.8. The van der Waals surface area contributed by atoms with Crippen LogP contribution in [0, 0.1) is 5.92 Å². The van der Waals surface area contributed by atoms with Crippen molar-refractivity contribution in [2.24, 2.45) is 5.92 Å². The lowest BCUT2D eigenvalue weighted by Crippen LogP contribution is -2.29. The summed E-state index contributed by atoms with van der Waals surface area (Å²) in [6, 6.07) is 5.32. The molecule has 0 saturated carbocycles. The van der Waals surface area contributed by atoms with E-state index in [1.807, 2.05) is 39.8 Å². The van der Waals surface area contributed by atoms with Crippen LogP contribution in [0.5, 0.6) is 11.5 Å². The standard InChI is InChI=1S/C17H25NO4.2C2H6/c1-21-16-10-13(3-4-15(16)19)14(11-17(20)22-2)9-12-5-7-18-8-6-12;2*1-2/h3-4,10,12,14,18-19H,5-9,11H2,1-2H3;2*1-2H3. The Morgan fingerprint density at radius 2 is 1.81 bits per heavy atom. The molecule has 1 fully saturated rings. The first-order valence-corrected chi connectivity index (χ1v) is 9.78. The zero-order chi connectivity index (χ0) is 19.9. The van der Waals surface area contributed by atoms with Crippen molar-refractivity contribution in [1.29, 1.82) is 0 Å². The summed E-state index contributed by atoms with van der Waals surface area (Å²) >= 11 is 0. The molecule has 2 rings (SSSR count). The summed E-state index contributed by atoms with van der Waals surface area (Å²) in [5.41, 5.74) is 1.01. The number of aromatic hydroxyl groups is 1. The Kier molecular flexibility index (Phi) is 13.5. The molecule has 0 aromatic heterocycles. The zero-order valence-electron chi connectivity index (χ0n) is 17.3. The fourth-order valence-corrected chi connectivity index (χ4v) is 3.09. The van der Waals surface area contributed by atoms with E-state index in [4.69, 9.17) is 9.47 Å². The first-order valence-electron chi connectivity index (χ1n) is 9.78. The molecule has 1 heterocycles. The monoisotopic (exact) mass is 367 g/mol. The third-order valence-corrected chi connectivity index (χ3v) is 4.39. The number of rotatable bonds is 6. The van der Waals surface area contributed by atoms with Crippen molar-refractivity contribution in [3.63, 3.8) is 0 Å². The number of esters is 1. The second-order valence-electron chi connectivity index (χ2n) is 5.84. The fourth-order valence-electron chi connectivity index (χ4n) is 3.09. The minimum Gasteiger partial charge on any atom is -0.504 e. The third kappa shape index (κ3) is 8.09. The van der Waals surface area contributed by atoms with Crippen molar-refractivity contribution >= 4 is 5.97 Å². The average molecular weight is 368 g/mol. The van der Waals surface area contributed by atoms with Crippen LogP contribution in [0.4, 0.5) is 0 Å². The maximum atomic E-state index is 11.7. The van der Waals surface area contributed by atoms with Gasteiger partial charge in [0.2, 0.25) is 0 Å². The van der Waals surface area contributed by atoms with E-state index < -0.39 is 0 Å². The molecule has 0 amide bonds. The molecule has 1 atom stereocenters. The molecule has 1 aliphatic heterocycles. The predicted octanol–water partition coefficient (Wildman–Crippen LogP) is 4.49. The lowest BCUT2D eigenvalue weighted by Gasteiger charge is -2.27. The summed E-state index contributed by atoms with van der Waals surface area (Å²) < 4.78 is 10.0. The van der Waals surface area contributed by atoms with Gasteiger partial charge >= 0.3 is 5.97 Å². The van der Waals surface area contributed by atoms with E-state index in [1.54, 1.807) is 6.07 Å². The van der Waals surface area contributed by atoms with Gasteiger partial charge in [-0.05, 0) is 61.9 Å². The lowest BCUT2D eigenvalue weighted by molar-refractivity contribution is -0.141. The second kappa shape index (κ2) is 14.4. The van der Waals surface area contributed by atoms with Crippen molar-refractivity contribution in [3.05, 3.63) is 23.8 Å². The SMILES string of the molecule is CC.CC.COC(=O)CC(CC1CCNCC1)c1ccc(O)c(OC)c1. The zero-order valence-corrected chi connectivity index (χ0v) is 17.3. The molecule has 5 nitrogen and oxygen atoms in total. The van der Waals surface area contributed by atoms with E-state index in [2.05, 4.69) is 5.32 Å². The highest BCUT2D eigenvalue weighted by Gasteiger charge is 2.23. The molecule has 0 radical (unpaired) electrons. The van der Waals surface area contributed by atoms with Gasteiger partial charge in [0, 0.05) is 0 Å². The van der Waals surface area contributed by atoms with Crippen LogP contribution in [0.3, 0.4) is 0 Å². The predicted molar refractivity (Wildman–Crippen MR) is 107 cm³/mol. The van der Waals surface area contributed by atoms with E-state index in [0.29, 0.717) is 18.1 Å². The topological polar surface area (TPSA) is 67.8 Å². The number of ether oxygens (including phenoxy) is 2. The Morgan fingerprint density at radius 1 is 1.19 bits per heavy atom. The summed E-state index contributed by atoms with van der Waals surface area (Å²) in [5, 5.41) is 13.1. The van der Waals surface area contributed by atoms with Gasteiger partial charge in [-0.3, -0.25) is 4.79 Å². The molecule has 0 bridgehead atoms. The summed E-state index contributed by atoms with van der Waals surface area (Å²) in [5.74, 6) is 1.05. The molecule has 5 heteroatoms. The molecule has 1 aliphatic rings. The van der Waals surface area contributed by atoms with Crippen LogP contribution in [0.2, 0.25) is 0 Å². The van der Waals surface area contributed by atoms with Crippen LogP contribution < -0.4 is 10.1 Å². The van der Waals surface area contributed by atoms with Crippen LogP contribution in [-0.4, -0.2) is 38.4 Å². The van der Waals surface area contributed by atoms with Crippen LogP contribution in [0.1, 0.15) is 64.9 Å². The van der Waals surface area contributed by atoms with Gasteiger partial charge in [0.1, 0.15) is 0 Å². The number of nitrogens with one attached hydrogen (secondary N) is 1. The Labute approximate surface area is 159 Å². The molecule has 1 aromatic rings. The quantitative estimate of drug-likeness (QED) is 0.725. The number of phenols is 1. The first-order chi connectivity index (χ1) is 12.6. The van der Waals surface area contributed by atoms with Gasteiger partial charge in [-0.15, -0.1) is 0 Å². The average Bonchev–Trinajstić information content (AvgIpc) is 2.71. The van der Waals surface area contributed by atoms with Gasteiger partial charge in [-0.1, -0.05) is 33.8 Å². The number of methoxy groups -OCH3 is 2. The third-order valence-electron chi connectivity index (χ3n) is 4.39. The Hall–Kier alpha value is -1.75. The van der Waals surface area contributed by atoms with Crippen molar-refractivity contribution in [1.82, 2.24) is 5.32 Å². The molecule has 26 heavy (non-hydrogen) atoms. The molecule has 2 N–H and O–H groups in total. The summed E-state index contributed by atoms with van der Waals surface area (Å²) in [4.78, 5) is 11.7. The van der Waals surface area contributed by atoms with Crippen molar-refractivity contribution in [3.8, 4) is 11.5 Å².